The molecule has 0 bridgehead atoms. The summed E-state index contributed by atoms with van der Waals surface area (Å²) in [4.78, 5) is 11.1. The lowest BCUT2D eigenvalue weighted by atomic mass is 10.0. The fourth-order valence-electron chi connectivity index (χ4n) is 4.25. The van der Waals surface area contributed by atoms with Crippen molar-refractivity contribution in [3.63, 3.8) is 0 Å². The van der Waals surface area contributed by atoms with Crippen LogP contribution >= 0.6 is 0 Å². The van der Waals surface area contributed by atoms with Gasteiger partial charge in [-0.15, -0.1) is 0 Å². The topological polar surface area (TPSA) is 49.3 Å². The second-order valence-corrected chi connectivity index (χ2v) is 9.73. The van der Waals surface area contributed by atoms with Gasteiger partial charge in [0, 0.05) is 0 Å². The predicted molar refractivity (Wildman–Crippen MR) is 132 cm³/mol. The van der Waals surface area contributed by atoms with Gasteiger partial charge in [-0.05, 0) is 18.9 Å². The molecule has 0 spiro atoms. The second kappa shape index (κ2) is 23.1. The van der Waals surface area contributed by atoms with Gasteiger partial charge in [0.05, 0.1) is 0 Å². The van der Waals surface area contributed by atoms with Crippen molar-refractivity contribution in [2.24, 2.45) is 5.92 Å². The molecule has 0 aliphatic carbocycles. The van der Waals surface area contributed by atoms with Crippen LogP contribution in [0.4, 0.5) is 0 Å². The highest BCUT2D eigenvalue weighted by Crippen LogP contribution is 2.14. The van der Waals surface area contributed by atoms with Crippen LogP contribution in [-0.4, -0.2) is 23.7 Å². The minimum atomic E-state index is -0.724. The largest absolute Gasteiger partial charge is 0.480 e. The fraction of sp³-hybridized carbons (Fsp3) is 0.963. The molecule has 180 valence electrons. The van der Waals surface area contributed by atoms with Crippen molar-refractivity contribution in [3.05, 3.63) is 0 Å². The van der Waals surface area contributed by atoms with Crippen molar-refractivity contribution in [1.29, 1.82) is 0 Å². The summed E-state index contributed by atoms with van der Waals surface area (Å²) in [5.74, 6) is -0.578. The van der Waals surface area contributed by atoms with Crippen molar-refractivity contribution >= 4 is 5.97 Å². The smallest absolute Gasteiger partial charge is 0.320 e. The fourth-order valence-corrected chi connectivity index (χ4v) is 4.25. The van der Waals surface area contributed by atoms with Gasteiger partial charge in [-0.25, -0.2) is 0 Å². The molecule has 2 N–H and O–H groups in total. The minimum Gasteiger partial charge on any atom is -0.480 e. The van der Waals surface area contributed by atoms with Crippen molar-refractivity contribution < 1.29 is 9.90 Å². The highest BCUT2D eigenvalue weighted by atomic mass is 16.4. The average molecular weight is 426 g/mol. The van der Waals surface area contributed by atoms with Crippen LogP contribution in [0, 0.1) is 5.92 Å². The number of nitrogens with one attached hydrogen (secondary N) is 1. The monoisotopic (exact) mass is 425 g/mol. The highest BCUT2D eigenvalue weighted by molar-refractivity contribution is 5.73. The molecule has 0 radical (unpaired) electrons. The Bertz CT molecular complexity index is 357. The summed E-state index contributed by atoms with van der Waals surface area (Å²) in [6.07, 6.45) is 27.8. The summed E-state index contributed by atoms with van der Waals surface area (Å²) in [7, 11) is 0. The van der Waals surface area contributed by atoms with E-state index in [0.717, 1.165) is 13.0 Å². The number of hydrogen-bond donors (Lipinski definition) is 2. The number of hydrogen-bond acceptors (Lipinski definition) is 2. The number of aliphatic carboxylic acids is 1. The summed E-state index contributed by atoms with van der Waals surface area (Å²) >= 11 is 0. The van der Waals surface area contributed by atoms with Crippen LogP contribution in [-0.2, 0) is 4.79 Å². The minimum absolute atomic E-state index is 0.146. The highest BCUT2D eigenvalue weighted by Gasteiger charge is 2.19. The molecule has 0 rings (SSSR count). The van der Waals surface area contributed by atoms with Gasteiger partial charge >= 0.3 is 5.97 Å². The molecule has 0 aromatic heterocycles. The third-order valence-corrected chi connectivity index (χ3v) is 6.33. The van der Waals surface area contributed by atoms with Gasteiger partial charge in [-0.3, -0.25) is 4.79 Å². The van der Waals surface area contributed by atoms with E-state index in [2.05, 4.69) is 12.2 Å². The summed E-state index contributed by atoms with van der Waals surface area (Å²) < 4.78 is 0. The molecular formula is C27H55NO2. The van der Waals surface area contributed by atoms with E-state index in [1.165, 1.54) is 122 Å². The van der Waals surface area contributed by atoms with E-state index in [4.69, 9.17) is 5.11 Å². The van der Waals surface area contributed by atoms with E-state index in [9.17, 15) is 4.79 Å². The first-order valence-electron chi connectivity index (χ1n) is 13.6. The average Bonchev–Trinajstić information content (AvgIpc) is 2.71. The second-order valence-electron chi connectivity index (χ2n) is 9.73. The van der Waals surface area contributed by atoms with E-state index >= 15 is 0 Å². The van der Waals surface area contributed by atoms with Gasteiger partial charge in [-0.2, -0.15) is 0 Å². The molecule has 30 heavy (non-hydrogen) atoms. The van der Waals surface area contributed by atoms with E-state index < -0.39 is 12.0 Å². The van der Waals surface area contributed by atoms with Crippen molar-refractivity contribution in [3.8, 4) is 0 Å². The first-order chi connectivity index (χ1) is 14.6. The van der Waals surface area contributed by atoms with Gasteiger partial charge in [-0.1, -0.05) is 143 Å². The Balaban J connectivity index is 3.15. The zero-order valence-corrected chi connectivity index (χ0v) is 20.9. The van der Waals surface area contributed by atoms with Crippen LogP contribution in [0.15, 0.2) is 0 Å². The zero-order valence-electron chi connectivity index (χ0n) is 20.9. The standard InChI is InChI=1S/C27H55NO2/c1-4-5-6-7-8-9-10-11-12-13-14-15-16-17-18-19-20-21-22-23-24-28-26(25(2)3)27(29)30/h25-26,28H,4-24H2,1-3H3,(H,29,30)/t26-/m0/s1. The van der Waals surface area contributed by atoms with Gasteiger partial charge in [0.1, 0.15) is 6.04 Å². The van der Waals surface area contributed by atoms with E-state index in [0.29, 0.717) is 0 Å². The molecule has 0 saturated carbocycles. The number of carboxylic acids is 1. The Morgan fingerprint density at radius 3 is 1.17 bits per heavy atom. The maximum atomic E-state index is 11.1. The van der Waals surface area contributed by atoms with Gasteiger partial charge in [0.2, 0.25) is 0 Å². The number of carboxylic acid groups (broad SMARTS) is 1. The maximum absolute atomic E-state index is 11.1. The van der Waals surface area contributed by atoms with Crippen LogP contribution in [0.3, 0.4) is 0 Å². The summed E-state index contributed by atoms with van der Waals surface area (Å²) in [5, 5.41) is 12.3. The number of unbranched alkanes of at least 4 members (excludes halogenated alkanes) is 19. The number of carbonyl (C=O) groups is 1. The van der Waals surface area contributed by atoms with Crippen LogP contribution in [0.5, 0.6) is 0 Å². The van der Waals surface area contributed by atoms with Crippen molar-refractivity contribution in [2.75, 3.05) is 6.54 Å². The zero-order chi connectivity index (χ0) is 22.3. The maximum Gasteiger partial charge on any atom is 0.320 e. The van der Waals surface area contributed by atoms with Gasteiger partial charge < -0.3 is 10.4 Å². The van der Waals surface area contributed by atoms with Crippen molar-refractivity contribution in [2.45, 2.75) is 155 Å². The number of rotatable bonds is 24. The Morgan fingerprint density at radius 2 is 0.900 bits per heavy atom. The Kier molecular flexibility index (Phi) is 22.7. The molecule has 0 aliphatic heterocycles. The first kappa shape index (κ1) is 29.4. The molecule has 0 aliphatic rings. The summed E-state index contributed by atoms with van der Waals surface area (Å²) in [6.45, 7) is 7.04. The molecule has 0 unspecified atom stereocenters. The van der Waals surface area contributed by atoms with E-state index in [1.807, 2.05) is 13.8 Å². The summed E-state index contributed by atoms with van der Waals surface area (Å²) in [5.41, 5.74) is 0. The molecule has 1 atom stereocenters. The third-order valence-electron chi connectivity index (χ3n) is 6.33. The van der Waals surface area contributed by atoms with Crippen LogP contribution < -0.4 is 5.32 Å². The normalized spacial score (nSPS) is 12.5. The molecule has 0 heterocycles. The molecule has 0 fully saturated rings. The van der Waals surface area contributed by atoms with E-state index in [-0.39, 0.29) is 5.92 Å². The molecule has 0 saturated heterocycles. The Morgan fingerprint density at radius 1 is 0.600 bits per heavy atom. The lowest BCUT2D eigenvalue weighted by Crippen LogP contribution is -2.41. The molecular weight excluding hydrogens is 370 g/mol. The third kappa shape index (κ3) is 20.7. The Labute approximate surface area is 189 Å². The van der Waals surface area contributed by atoms with Crippen LogP contribution in [0.1, 0.15) is 149 Å². The lowest BCUT2D eigenvalue weighted by Gasteiger charge is -2.17. The first-order valence-corrected chi connectivity index (χ1v) is 13.6. The molecule has 3 nitrogen and oxygen atoms in total. The summed E-state index contributed by atoms with van der Waals surface area (Å²) in [6, 6.07) is -0.398. The van der Waals surface area contributed by atoms with E-state index in [1.54, 1.807) is 0 Å². The van der Waals surface area contributed by atoms with Gasteiger partial charge in [0.25, 0.3) is 0 Å². The van der Waals surface area contributed by atoms with Crippen LogP contribution in [0.25, 0.3) is 0 Å². The predicted octanol–water partition coefficient (Wildman–Crippen LogP) is 8.51. The molecule has 0 aromatic carbocycles. The molecule has 3 heteroatoms. The molecule has 0 amide bonds. The van der Waals surface area contributed by atoms with Gasteiger partial charge in [0.15, 0.2) is 0 Å². The molecule has 0 aromatic rings. The van der Waals surface area contributed by atoms with Crippen molar-refractivity contribution in [1.82, 2.24) is 5.32 Å². The Hall–Kier alpha value is -0.570. The SMILES string of the molecule is CCCCCCCCCCCCCCCCCCCCCCN[C@H](C(=O)O)C(C)C. The quantitative estimate of drug-likeness (QED) is 0.152. The van der Waals surface area contributed by atoms with Crippen LogP contribution in [0.2, 0.25) is 0 Å². The lowest BCUT2D eigenvalue weighted by molar-refractivity contribution is -0.140.